The molecule has 0 bridgehead atoms. The highest BCUT2D eigenvalue weighted by atomic mass is 19.1. The average Bonchev–Trinajstić information content (AvgIpc) is 3.25. The molecule has 0 unspecified atom stereocenters. The van der Waals surface area contributed by atoms with E-state index in [0.717, 1.165) is 28.5 Å². The van der Waals surface area contributed by atoms with Gasteiger partial charge in [-0.25, -0.2) is 14.4 Å². The van der Waals surface area contributed by atoms with Crippen molar-refractivity contribution >= 4 is 27.8 Å². The molecule has 1 aromatic carbocycles. The Morgan fingerprint density at radius 3 is 2.81 bits per heavy atom. The number of hydrogen-bond acceptors (Lipinski definition) is 2. The van der Waals surface area contributed by atoms with Gasteiger partial charge >= 0.3 is 0 Å². The molecule has 2 atom stereocenters. The van der Waals surface area contributed by atoms with E-state index >= 15 is 0 Å². The number of nitrogens with one attached hydrogen (secondary N) is 2. The number of carbonyl (C=O) groups excluding carboxylic acids is 1. The lowest BCUT2D eigenvalue weighted by atomic mass is 9.92. The van der Waals surface area contributed by atoms with E-state index in [1.807, 2.05) is 23.4 Å². The topological polar surface area (TPSA) is 72.2 Å². The van der Waals surface area contributed by atoms with Crippen LogP contribution >= 0.6 is 0 Å². The quantitative estimate of drug-likeness (QED) is 0.554. The Bertz CT molecular complexity index is 1330. The number of H-pyrrole nitrogens is 2. The largest absolute Gasteiger partial charge is 0.341 e. The summed E-state index contributed by atoms with van der Waals surface area (Å²) in [4.78, 5) is 33.7. The van der Waals surface area contributed by atoms with Gasteiger partial charge in [0.2, 0.25) is 5.91 Å². The van der Waals surface area contributed by atoms with Crippen molar-refractivity contribution in [2.45, 2.75) is 25.8 Å². The fourth-order valence-corrected chi connectivity index (χ4v) is 4.62. The fraction of sp³-hybridized carbons (Fsp3) is 0.292. The van der Waals surface area contributed by atoms with E-state index < -0.39 is 0 Å². The summed E-state index contributed by atoms with van der Waals surface area (Å²) in [6, 6.07) is 9.70. The maximum atomic E-state index is 13.2. The molecule has 0 spiro atoms. The molecule has 3 aromatic heterocycles. The van der Waals surface area contributed by atoms with Crippen molar-refractivity contribution in [3.05, 3.63) is 76.6 Å². The first-order chi connectivity index (χ1) is 15.0. The van der Waals surface area contributed by atoms with E-state index in [9.17, 15) is 14.0 Å². The van der Waals surface area contributed by atoms with Gasteiger partial charge in [-0.05, 0) is 36.1 Å². The van der Waals surface area contributed by atoms with Gasteiger partial charge in [-0.15, -0.1) is 0 Å². The maximum absolute atomic E-state index is 13.2. The van der Waals surface area contributed by atoms with Crippen LogP contribution in [0.15, 0.2) is 59.8 Å². The summed E-state index contributed by atoms with van der Waals surface area (Å²) in [5.41, 5.74) is 2.52. The second-order valence-electron chi connectivity index (χ2n) is 8.38. The van der Waals surface area contributed by atoms with Crippen molar-refractivity contribution in [1.29, 1.82) is 0 Å². The highest BCUT2D eigenvalue weighted by molar-refractivity contribution is 6.00. The lowest BCUT2D eigenvalue weighted by molar-refractivity contribution is -0.345. The van der Waals surface area contributed by atoms with E-state index in [-0.39, 0.29) is 29.6 Å². The van der Waals surface area contributed by atoms with Crippen LogP contribution in [-0.2, 0) is 11.2 Å². The fourth-order valence-electron chi connectivity index (χ4n) is 4.62. The van der Waals surface area contributed by atoms with Crippen molar-refractivity contribution in [3.63, 3.8) is 0 Å². The highest BCUT2D eigenvalue weighted by Crippen LogP contribution is 2.31. The molecular formula is C24H24FN4O2+. The molecule has 2 N–H and O–H groups in total. The smallest absolute Gasteiger partial charge is 0.286 e. The Morgan fingerprint density at radius 1 is 1.19 bits per heavy atom. The first kappa shape index (κ1) is 19.5. The molecule has 4 heterocycles. The van der Waals surface area contributed by atoms with E-state index in [0.29, 0.717) is 24.4 Å². The summed E-state index contributed by atoms with van der Waals surface area (Å²) < 4.78 is 15.3. The number of nitrogens with zero attached hydrogens (tertiary/aromatic N) is 2. The molecule has 0 saturated carbocycles. The molecule has 1 fully saturated rings. The molecule has 1 aliphatic rings. The molecule has 0 radical (unpaired) electrons. The van der Waals surface area contributed by atoms with Gasteiger partial charge in [0, 0.05) is 25.4 Å². The standard InChI is InChI=1S/C24H23FN4O2/c1-15-7-10-28(22(31)12-16-2-4-17(25)5-3-16)14-20(15)29-11-8-21(30)19-13-27-24-18(23(19)29)6-9-26-24/h2-6,8-9,11,13,15,20H,7,10,12,14H2,1H3,(H,26,27)/p+1/t15-,20+/m1/s1. The number of halogens is 1. The maximum Gasteiger partial charge on any atom is 0.286 e. The van der Waals surface area contributed by atoms with Gasteiger partial charge in [-0.2, -0.15) is 0 Å². The SMILES string of the molecule is C[C@@H]1CCN(C(=O)Cc2ccc(F)cc2)C[C@@H]1n1ccc(=O)c2c[nH+]c3[nH]ccc3c21. The highest BCUT2D eigenvalue weighted by Gasteiger charge is 2.31. The van der Waals surface area contributed by atoms with Crippen LogP contribution in [0.1, 0.15) is 24.9 Å². The van der Waals surface area contributed by atoms with E-state index in [2.05, 4.69) is 21.5 Å². The number of amides is 1. The number of fused-ring (bicyclic) bond motifs is 3. The molecule has 0 aliphatic carbocycles. The summed E-state index contributed by atoms with van der Waals surface area (Å²) in [5.74, 6) is 0.0780. The number of aromatic nitrogens is 3. The van der Waals surface area contributed by atoms with Gasteiger partial charge in [0.05, 0.1) is 34.9 Å². The number of likely N-dealkylation sites (tertiary alicyclic amines) is 1. The zero-order valence-corrected chi connectivity index (χ0v) is 17.3. The number of pyridine rings is 2. The monoisotopic (exact) mass is 419 g/mol. The predicted molar refractivity (Wildman–Crippen MR) is 116 cm³/mol. The molecule has 1 aliphatic heterocycles. The van der Waals surface area contributed by atoms with E-state index in [4.69, 9.17) is 0 Å². The van der Waals surface area contributed by atoms with Gasteiger partial charge in [0.25, 0.3) is 5.65 Å². The minimum absolute atomic E-state index is 0.0293. The molecule has 4 aromatic rings. The average molecular weight is 419 g/mol. The van der Waals surface area contributed by atoms with E-state index in [1.54, 1.807) is 24.4 Å². The van der Waals surface area contributed by atoms with Crippen LogP contribution < -0.4 is 10.4 Å². The number of hydrogen-bond donors (Lipinski definition) is 1. The van der Waals surface area contributed by atoms with Gasteiger partial charge in [-0.1, -0.05) is 19.1 Å². The number of piperidine rings is 1. The molecule has 5 rings (SSSR count). The summed E-state index contributed by atoms with van der Waals surface area (Å²) >= 11 is 0. The first-order valence-electron chi connectivity index (χ1n) is 10.6. The Morgan fingerprint density at radius 2 is 2.00 bits per heavy atom. The Hall–Kier alpha value is -3.48. The second-order valence-corrected chi connectivity index (χ2v) is 8.38. The van der Waals surface area contributed by atoms with Crippen LogP contribution in [0.4, 0.5) is 4.39 Å². The number of aromatic amines is 2. The third-order valence-electron chi connectivity index (χ3n) is 6.43. The minimum atomic E-state index is -0.304. The zero-order chi connectivity index (χ0) is 21.5. The molecule has 158 valence electrons. The van der Waals surface area contributed by atoms with Crippen LogP contribution in [0.2, 0.25) is 0 Å². The van der Waals surface area contributed by atoms with Crippen molar-refractivity contribution < 1.29 is 14.2 Å². The van der Waals surface area contributed by atoms with Crippen molar-refractivity contribution in [3.8, 4) is 0 Å². The lowest BCUT2D eigenvalue weighted by Crippen LogP contribution is -2.44. The Kier molecular flexibility index (Phi) is 4.81. The van der Waals surface area contributed by atoms with Crippen molar-refractivity contribution in [1.82, 2.24) is 14.5 Å². The number of rotatable bonds is 3. The van der Waals surface area contributed by atoms with Crippen LogP contribution in [0.25, 0.3) is 21.9 Å². The van der Waals surface area contributed by atoms with Crippen molar-refractivity contribution in [2.24, 2.45) is 5.92 Å². The Labute approximate surface area is 178 Å². The summed E-state index contributed by atoms with van der Waals surface area (Å²) in [6.07, 6.45) is 6.58. The van der Waals surface area contributed by atoms with Crippen molar-refractivity contribution in [2.75, 3.05) is 13.1 Å². The molecule has 31 heavy (non-hydrogen) atoms. The molecule has 1 saturated heterocycles. The minimum Gasteiger partial charge on any atom is -0.341 e. The lowest BCUT2D eigenvalue weighted by Gasteiger charge is -2.39. The summed E-state index contributed by atoms with van der Waals surface area (Å²) in [5, 5.41) is 1.59. The number of benzene rings is 1. The number of carbonyl (C=O) groups is 1. The summed E-state index contributed by atoms with van der Waals surface area (Å²) in [6.45, 7) is 3.46. The van der Waals surface area contributed by atoms with Gasteiger partial charge < -0.3 is 9.47 Å². The normalized spacial score (nSPS) is 19.2. The molecule has 7 heteroatoms. The van der Waals surface area contributed by atoms with Crippen LogP contribution in [0, 0.1) is 11.7 Å². The first-order valence-corrected chi connectivity index (χ1v) is 10.6. The van der Waals surface area contributed by atoms with Crippen LogP contribution in [0.5, 0.6) is 0 Å². The Balaban J connectivity index is 1.49. The third kappa shape index (κ3) is 3.50. The van der Waals surface area contributed by atoms with Crippen LogP contribution in [-0.4, -0.2) is 33.4 Å². The third-order valence-corrected chi connectivity index (χ3v) is 6.43. The summed E-state index contributed by atoms with van der Waals surface area (Å²) in [7, 11) is 0. The van der Waals surface area contributed by atoms with Crippen LogP contribution in [0.3, 0.4) is 0 Å². The molecular weight excluding hydrogens is 395 g/mol. The molecule has 6 nitrogen and oxygen atoms in total. The predicted octanol–water partition coefficient (Wildman–Crippen LogP) is 3.09. The molecule has 1 amide bonds. The van der Waals surface area contributed by atoms with Gasteiger partial charge in [0.15, 0.2) is 5.43 Å². The van der Waals surface area contributed by atoms with Gasteiger partial charge in [-0.3, -0.25) is 9.59 Å². The van der Waals surface area contributed by atoms with E-state index in [1.165, 1.54) is 12.1 Å². The van der Waals surface area contributed by atoms with Gasteiger partial charge in [0.1, 0.15) is 12.0 Å². The second kappa shape index (κ2) is 7.65. The zero-order valence-electron chi connectivity index (χ0n) is 17.3.